The number of hydrogen-bond acceptors (Lipinski definition) is 1. The zero-order chi connectivity index (χ0) is 16.1. The summed E-state index contributed by atoms with van der Waals surface area (Å²) in [5.41, 5.74) is 1.81. The van der Waals surface area contributed by atoms with Gasteiger partial charge in [0.05, 0.1) is 0 Å². The molecule has 1 fully saturated rings. The smallest absolute Gasteiger partial charge is 0.254 e. The zero-order valence-corrected chi connectivity index (χ0v) is 13.2. The Kier molecular flexibility index (Phi) is 5.06. The summed E-state index contributed by atoms with van der Waals surface area (Å²) >= 11 is 0. The normalized spacial score (nSPS) is 14.8. The summed E-state index contributed by atoms with van der Waals surface area (Å²) in [6.07, 6.45) is 5.32. The van der Waals surface area contributed by atoms with Crippen molar-refractivity contribution in [2.75, 3.05) is 6.54 Å². The van der Waals surface area contributed by atoms with Gasteiger partial charge in [0.15, 0.2) is 0 Å². The van der Waals surface area contributed by atoms with E-state index < -0.39 is 0 Å². The minimum atomic E-state index is -0.221. The largest absolute Gasteiger partial charge is 0.335 e. The van der Waals surface area contributed by atoms with Gasteiger partial charge in [-0.15, -0.1) is 0 Å². The molecule has 23 heavy (non-hydrogen) atoms. The van der Waals surface area contributed by atoms with Gasteiger partial charge in [-0.05, 0) is 49.1 Å². The summed E-state index contributed by atoms with van der Waals surface area (Å²) in [5.74, 6) is -0.110. The van der Waals surface area contributed by atoms with Crippen LogP contribution >= 0.6 is 0 Å². The molecule has 1 aliphatic carbocycles. The monoisotopic (exact) mass is 311 g/mol. The van der Waals surface area contributed by atoms with Gasteiger partial charge in [-0.25, -0.2) is 4.39 Å². The van der Waals surface area contributed by atoms with E-state index in [1.54, 1.807) is 12.1 Å². The van der Waals surface area contributed by atoms with Gasteiger partial charge in [0, 0.05) is 18.2 Å². The van der Waals surface area contributed by atoms with Crippen LogP contribution in [0.25, 0.3) is 0 Å². The number of hydrogen-bond donors (Lipinski definition) is 0. The van der Waals surface area contributed by atoms with E-state index in [9.17, 15) is 9.18 Å². The Labute approximate surface area is 136 Å². The van der Waals surface area contributed by atoms with Crippen LogP contribution in [0.4, 0.5) is 4.39 Å². The molecule has 0 unspecified atom stereocenters. The summed E-state index contributed by atoms with van der Waals surface area (Å²) in [7, 11) is 0. The first-order valence-corrected chi connectivity index (χ1v) is 8.34. The lowest BCUT2D eigenvalue weighted by Crippen LogP contribution is -2.40. The Balaban J connectivity index is 1.73. The van der Waals surface area contributed by atoms with Crippen molar-refractivity contribution in [3.63, 3.8) is 0 Å². The van der Waals surface area contributed by atoms with Gasteiger partial charge in [0.1, 0.15) is 5.82 Å². The minimum absolute atomic E-state index is 0.111. The summed E-state index contributed by atoms with van der Waals surface area (Å²) in [6.45, 7) is 0.685. The molecular formula is C20H22FNO. The third-order valence-electron chi connectivity index (χ3n) is 4.60. The van der Waals surface area contributed by atoms with E-state index in [4.69, 9.17) is 0 Å². The van der Waals surface area contributed by atoms with Crippen LogP contribution in [-0.2, 0) is 6.42 Å². The molecule has 0 aromatic heterocycles. The topological polar surface area (TPSA) is 20.3 Å². The van der Waals surface area contributed by atoms with Crippen molar-refractivity contribution in [1.82, 2.24) is 4.90 Å². The Hall–Kier alpha value is -2.16. The number of nitrogens with zero attached hydrogens (tertiary/aromatic N) is 1. The van der Waals surface area contributed by atoms with E-state index in [1.807, 2.05) is 35.2 Å². The molecule has 2 aromatic carbocycles. The lowest BCUT2D eigenvalue weighted by atomic mass is 10.1. The molecule has 0 radical (unpaired) electrons. The SMILES string of the molecule is O=C(c1ccccc1)N(CCc1ccc(F)cc1)C1CCCC1. The van der Waals surface area contributed by atoms with Gasteiger partial charge in [-0.3, -0.25) is 4.79 Å². The van der Waals surface area contributed by atoms with Crippen LogP contribution in [0.2, 0.25) is 0 Å². The molecule has 120 valence electrons. The number of amides is 1. The quantitative estimate of drug-likeness (QED) is 0.798. The van der Waals surface area contributed by atoms with E-state index in [0.717, 1.165) is 30.4 Å². The van der Waals surface area contributed by atoms with Crippen LogP contribution in [-0.4, -0.2) is 23.4 Å². The second kappa shape index (κ2) is 7.40. The van der Waals surface area contributed by atoms with Crippen molar-refractivity contribution in [2.24, 2.45) is 0 Å². The number of carbonyl (C=O) groups excluding carboxylic acids is 1. The molecule has 1 aliphatic rings. The second-order valence-corrected chi connectivity index (χ2v) is 6.18. The predicted molar refractivity (Wildman–Crippen MR) is 89.8 cm³/mol. The van der Waals surface area contributed by atoms with Crippen LogP contribution in [0.3, 0.4) is 0 Å². The van der Waals surface area contributed by atoms with E-state index in [1.165, 1.54) is 25.0 Å². The molecule has 0 atom stereocenters. The summed E-state index contributed by atoms with van der Waals surface area (Å²) in [6, 6.07) is 16.4. The molecule has 1 amide bonds. The molecule has 1 saturated carbocycles. The number of carbonyl (C=O) groups is 1. The average molecular weight is 311 g/mol. The summed E-state index contributed by atoms with van der Waals surface area (Å²) < 4.78 is 13.0. The maximum Gasteiger partial charge on any atom is 0.254 e. The average Bonchev–Trinajstić information content (AvgIpc) is 3.12. The highest BCUT2D eigenvalue weighted by molar-refractivity contribution is 5.94. The standard InChI is InChI=1S/C20H22FNO/c21-18-12-10-16(11-13-18)14-15-22(19-8-4-5-9-19)20(23)17-6-2-1-3-7-17/h1-3,6-7,10-13,19H,4-5,8-9,14-15H2. The van der Waals surface area contributed by atoms with Crippen LogP contribution in [0.15, 0.2) is 54.6 Å². The maximum absolute atomic E-state index is 13.0. The predicted octanol–water partition coefficient (Wildman–Crippen LogP) is 4.45. The van der Waals surface area contributed by atoms with Crippen LogP contribution in [0.5, 0.6) is 0 Å². The number of rotatable bonds is 5. The van der Waals surface area contributed by atoms with E-state index in [-0.39, 0.29) is 11.7 Å². The fourth-order valence-corrected chi connectivity index (χ4v) is 3.31. The molecule has 2 nitrogen and oxygen atoms in total. The fourth-order valence-electron chi connectivity index (χ4n) is 3.31. The molecule has 0 aliphatic heterocycles. The van der Waals surface area contributed by atoms with E-state index >= 15 is 0 Å². The van der Waals surface area contributed by atoms with Crippen LogP contribution in [0.1, 0.15) is 41.6 Å². The first-order chi connectivity index (χ1) is 11.2. The van der Waals surface area contributed by atoms with E-state index in [0.29, 0.717) is 12.6 Å². The van der Waals surface area contributed by atoms with E-state index in [2.05, 4.69) is 0 Å². The van der Waals surface area contributed by atoms with Gasteiger partial charge in [0.25, 0.3) is 5.91 Å². The third-order valence-corrected chi connectivity index (χ3v) is 4.60. The molecule has 0 bridgehead atoms. The summed E-state index contributed by atoms with van der Waals surface area (Å²) in [5, 5.41) is 0. The zero-order valence-electron chi connectivity index (χ0n) is 13.2. The van der Waals surface area contributed by atoms with Gasteiger partial charge in [-0.2, -0.15) is 0 Å². The molecule has 3 heteroatoms. The molecule has 3 rings (SSSR count). The van der Waals surface area contributed by atoms with Crippen molar-refractivity contribution in [1.29, 1.82) is 0 Å². The van der Waals surface area contributed by atoms with Crippen LogP contribution < -0.4 is 0 Å². The highest BCUT2D eigenvalue weighted by Crippen LogP contribution is 2.25. The van der Waals surface area contributed by atoms with Gasteiger partial charge >= 0.3 is 0 Å². The molecule has 0 N–H and O–H groups in total. The highest BCUT2D eigenvalue weighted by atomic mass is 19.1. The lowest BCUT2D eigenvalue weighted by Gasteiger charge is -2.29. The first-order valence-electron chi connectivity index (χ1n) is 8.34. The molecule has 0 heterocycles. The van der Waals surface area contributed by atoms with Gasteiger partial charge < -0.3 is 4.90 Å². The van der Waals surface area contributed by atoms with Crippen molar-refractivity contribution < 1.29 is 9.18 Å². The Morgan fingerprint density at radius 3 is 2.30 bits per heavy atom. The molecule has 0 spiro atoms. The van der Waals surface area contributed by atoms with Crippen LogP contribution in [0, 0.1) is 5.82 Å². The lowest BCUT2D eigenvalue weighted by molar-refractivity contribution is 0.0684. The molecule has 2 aromatic rings. The minimum Gasteiger partial charge on any atom is -0.335 e. The third kappa shape index (κ3) is 3.98. The molecular weight excluding hydrogens is 289 g/mol. The molecule has 0 saturated heterocycles. The van der Waals surface area contributed by atoms with Gasteiger partial charge in [0.2, 0.25) is 0 Å². The Morgan fingerprint density at radius 1 is 1.00 bits per heavy atom. The number of halogens is 1. The van der Waals surface area contributed by atoms with Crippen molar-refractivity contribution >= 4 is 5.91 Å². The van der Waals surface area contributed by atoms with Crippen molar-refractivity contribution in [3.8, 4) is 0 Å². The highest BCUT2D eigenvalue weighted by Gasteiger charge is 2.27. The summed E-state index contributed by atoms with van der Waals surface area (Å²) in [4.78, 5) is 14.9. The Morgan fingerprint density at radius 2 is 1.65 bits per heavy atom. The van der Waals surface area contributed by atoms with Gasteiger partial charge in [-0.1, -0.05) is 43.2 Å². The van der Waals surface area contributed by atoms with Crippen molar-refractivity contribution in [3.05, 3.63) is 71.5 Å². The first kappa shape index (κ1) is 15.7. The fraction of sp³-hybridized carbons (Fsp3) is 0.350. The maximum atomic E-state index is 13.0. The number of benzene rings is 2. The second-order valence-electron chi connectivity index (χ2n) is 6.18. The van der Waals surface area contributed by atoms with Crippen molar-refractivity contribution in [2.45, 2.75) is 38.1 Å². The Bertz CT molecular complexity index is 632.